The number of benzene rings is 1. The van der Waals surface area contributed by atoms with E-state index in [0.29, 0.717) is 25.8 Å². The number of carbonyl (C=O) groups is 1. The summed E-state index contributed by atoms with van der Waals surface area (Å²) in [4.78, 5) is 16.5. The van der Waals surface area contributed by atoms with Crippen molar-refractivity contribution in [2.75, 3.05) is 13.2 Å². The molecule has 0 bridgehead atoms. The predicted octanol–water partition coefficient (Wildman–Crippen LogP) is 1.38. The van der Waals surface area contributed by atoms with E-state index in [1.54, 1.807) is 6.20 Å². The van der Waals surface area contributed by atoms with Crippen molar-refractivity contribution < 1.29 is 34.7 Å². The lowest BCUT2D eigenvalue weighted by Gasteiger charge is -2.39. The van der Waals surface area contributed by atoms with Gasteiger partial charge in [0.1, 0.15) is 24.4 Å². The summed E-state index contributed by atoms with van der Waals surface area (Å²) in [6.07, 6.45) is -2.00. The summed E-state index contributed by atoms with van der Waals surface area (Å²) in [7, 11) is 0. The van der Waals surface area contributed by atoms with Gasteiger partial charge in [-0.2, -0.15) is 0 Å². The minimum Gasteiger partial charge on any atom is -0.443 e. The third-order valence-electron chi connectivity index (χ3n) is 7.22. The lowest BCUT2D eigenvalue weighted by molar-refractivity contribution is -0.278. The normalized spacial score (nSPS) is 22.6. The first-order valence-corrected chi connectivity index (χ1v) is 14.1. The molecule has 11 heteroatoms. The Morgan fingerprint density at radius 3 is 2.49 bits per heavy atom. The highest BCUT2D eigenvalue weighted by molar-refractivity contribution is 5.75. The number of hydrogen-bond acceptors (Lipinski definition) is 9. The SMILES string of the molecule is CC(C)c1[nH]nc(OC2O[C@H](CO)[C@@H](O)[C@H](O)[C@H]2O)c1Cc1ccc(CCCC(=O)NCCc2ccccn2)cc1. The van der Waals surface area contributed by atoms with Crippen molar-refractivity contribution in [3.05, 3.63) is 76.7 Å². The van der Waals surface area contributed by atoms with E-state index < -0.39 is 37.3 Å². The minimum atomic E-state index is -1.54. The molecule has 1 aliphatic heterocycles. The van der Waals surface area contributed by atoms with E-state index in [9.17, 15) is 25.2 Å². The van der Waals surface area contributed by atoms with Gasteiger partial charge in [-0.15, -0.1) is 5.10 Å². The number of carbonyl (C=O) groups excluding carboxylic acids is 1. The second-order valence-corrected chi connectivity index (χ2v) is 10.7. The molecular formula is C30H40N4O7. The Hall–Kier alpha value is -3.35. The number of nitrogens with one attached hydrogen (secondary N) is 2. The topological polar surface area (TPSA) is 170 Å². The van der Waals surface area contributed by atoms with Crippen molar-refractivity contribution in [3.8, 4) is 5.88 Å². The van der Waals surface area contributed by atoms with Gasteiger partial charge in [-0.05, 0) is 42.0 Å². The first-order chi connectivity index (χ1) is 19.8. The Kier molecular flexibility index (Phi) is 10.8. The van der Waals surface area contributed by atoms with Gasteiger partial charge in [0.25, 0.3) is 0 Å². The third kappa shape index (κ3) is 8.11. The summed E-state index contributed by atoms with van der Waals surface area (Å²) in [6, 6.07) is 13.9. The predicted molar refractivity (Wildman–Crippen MR) is 150 cm³/mol. The lowest BCUT2D eigenvalue weighted by atomic mass is 9.97. The van der Waals surface area contributed by atoms with Crippen LogP contribution < -0.4 is 10.1 Å². The Bertz CT molecular complexity index is 1230. The quantitative estimate of drug-likeness (QED) is 0.178. The summed E-state index contributed by atoms with van der Waals surface area (Å²) in [5.41, 5.74) is 4.75. The molecule has 6 N–H and O–H groups in total. The fourth-order valence-corrected chi connectivity index (χ4v) is 4.83. The fraction of sp³-hybridized carbons (Fsp3) is 0.500. The average molecular weight is 569 g/mol. The zero-order chi connectivity index (χ0) is 29.4. The summed E-state index contributed by atoms with van der Waals surface area (Å²) in [5, 5.41) is 50.3. The molecule has 0 aliphatic carbocycles. The van der Waals surface area contributed by atoms with Crippen molar-refractivity contribution in [1.82, 2.24) is 20.5 Å². The van der Waals surface area contributed by atoms with Crippen LogP contribution in [0.25, 0.3) is 0 Å². The molecule has 3 aromatic rings. The maximum atomic E-state index is 12.2. The van der Waals surface area contributed by atoms with Crippen LogP contribution in [-0.2, 0) is 28.8 Å². The van der Waals surface area contributed by atoms with Crippen molar-refractivity contribution in [2.24, 2.45) is 0 Å². The van der Waals surface area contributed by atoms with Crippen molar-refractivity contribution >= 4 is 5.91 Å². The maximum Gasteiger partial charge on any atom is 0.238 e. The number of aromatic nitrogens is 3. The van der Waals surface area contributed by atoms with Gasteiger partial charge in [-0.3, -0.25) is 14.9 Å². The molecule has 1 aromatic carbocycles. The van der Waals surface area contributed by atoms with E-state index in [1.165, 1.54) is 0 Å². The minimum absolute atomic E-state index is 0.0330. The van der Waals surface area contributed by atoms with Crippen LogP contribution in [0.3, 0.4) is 0 Å². The molecule has 1 aliphatic rings. The number of H-pyrrole nitrogens is 1. The second kappa shape index (κ2) is 14.5. The van der Waals surface area contributed by atoms with E-state index in [0.717, 1.165) is 40.9 Å². The fourth-order valence-electron chi connectivity index (χ4n) is 4.83. The van der Waals surface area contributed by atoms with Crippen LogP contribution >= 0.6 is 0 Å². The van der Waals surface area contributed by atoms with Gasteiger partial charge >= 0.3 is 0 Å². The van der Waals surface area contributed by atoms with Crippen LogP contribution in [0, 0.1) is 0 Å². The first-order valence-electron chi connectivity index (χ1n) is 14.1. The molecule has 1 unspecified atom stereocenters. The molecule has 0 saturated carbocycles. The number of hydrogen-bond donors (Lipinski definition) is 6. The van der Waals surface area contributed by atoms with Gasteiger partial charge in [0.2, 0.25) is 18.1 Å². The monoisotopic (exact) mass is 568 g/mol. The smallest absolute Gasteiger partial charge is 0.238 e. The number of ether oxygens (including phenoxy) is 2. The first kappa shape index (κ1) is 30.6. The Labute approximate surface area is 239 Å². The number of aliphatic hydroxyl groups excluding tert-OH is 4. The Morgan fingerprint density at radius 1 is 1.05 bits per heavy atom. The number of pyridine rings is 1. The van der Waals surface area contributed by atoms with E-state index in [-0.39, 0.29) is 17.7 Å². The summed E-state index contributed by atoms with van der Waals surface area (Å²) >= 11 is 0. The molecule has 11 nitrogen and oxygen atoms in total. The number of aryl methyl sites for hydroxylation is 1. The molecule has 1 amide bonds. The van der Waals surface area contributed by atoms with Crippen LogP contribution in [0.15, 0.2) is 48.7 Å². The van der Waals surface area contributed by atoms with Gasteiger partial charge in [0, 0.05) is 49.0 Å². The van der Waals surface area contributed by atoms with Crippen LogP contribution in [0.1, 0.15) is 60.7 Å². The number of aliphatic hydroxyl groups is 4. The van der Waals surface area contributed by atoms with Gasteiger partial charge in [-0.25, -0.2) is 0 Å². The van der Waals surface area contributed by atoms with E-state index in [1.807, 2.05) is 56.3 Å². The molecule has 0 spiro atoms. The maximum absolute atomic E-state index is 12.2. The number of rotatable bonds is 13. The van der Waals surface area contributed by atoms with E-state index >= 15 is 0 Å². The molecule has 5 atom stereocenters. The molecular weight excluding hydrogens is 528 g/mol. The molecule has 1 saturated heterocycles. The zero-order valence-electron chi connectivity index (χ0n) is 23.4. The largest absolute Gasteiger partial charge is 0.443 e. The average Bonchev–Trinajstić information content (AvgIpc) is 3.37. The lowest BCUT2D eigenvalue weighted by Crippen LogP contribution is -2.60. The van der Waals surface area contributed by atoms with Gasteiger partial charge < -0.3 is 35.2 Å². The van der Waals surface area contributed by atoms with E-state index in [2.05, 4.69) is 20.5 Å². The molecule has 0 radical (unpaired) electrons. The molecule has 1 fully saturated rings. The second-order valence-electron chi connectivity index (χ2n) is 10.7. The van der Waals surface area contributed by atoms with Crippen molar-refractivity contribution in [2.45, 2.75) is 82.6 Å². The summed E-state index contributed by atoms with van der Waals surface area (Å²) in [5.74, 6) is 0.362. The Morgan fingerprint density at radius 2 is 1.80 bits per heavy atom. The zero-order valence-corrected chi connectivity index (χ0v) is 23.4. The van der Waals surface area contributed by atoms with Gasteiger partial charge in [0.15, 0.2) is 0 Å². The molecule has 3 heterocycles. The highest BCUT2D eigenvalue weighted by Gasteiger charge is 2.45. The van der Waals surface area contributed by atoms with Crippen LogP contribution in [0.2, 0.25) is 0 Å². The molecule has 4 rings (SSSR count). The van der Waals surface area contributed by atoms with Crippen molar-refractivity contribution in [3.63, 3.8) is 0 Å². The number of nitrogens with zero attached hydrogens (tertiary/aromatic N) is 2. The van der Waals surface area contributed by atoms with Gasteiger partial charge in [-0.1, -0.05) is 44.2 Å². The number of amides is 1. The summed E-state index contributed by atoms with van der Waals surface area (Å²) in [6.45, 7) is 4.07. The van der Waals surface area contributed by atoms with E-state index in [4.69, 9.17) is 9.47 Å². The highest BCUT2D eigenvalue weighted by Crippen LogP contribution is 2.31. The molecule has 41 heavy (non-hydrogen) atoms. The van der Waals surface area contributed by atoms with Crippen LogP contribution in [0.5, 0.6) is 5.88 Å². The molecule has 222 valence electrons. The Balaban J connectivity index is 1.31. The highest BCUT2D eigenvalue weighted by atomic mass is 16.7. The van der Waals surface area contributed by atoms with Crippen LogP contribution in [0.4, 0.5) is 0 Å². The number of aromatic amines is 1. The molecule has 2 aromatic heterocycles. The third-order valence-corrected chi connectivity index (χ3v) is 7.22. The van der Waals surface area contributed by atoms with Crippen LogP contribution in [-0.4, -0.2) is 85.4 Å². The summed E-state index contributed by atoms with van der Waals surface area (Å²) < 4.78 is 11.4. The standard InChI is InChI=1S/C30H40N4O7/c1-18(2)25-22(29(34-33-25)41-30-28(39)27(38)26(37)23(17-35)40-30)16-20-11-9-19(10-12-20)6-5-8-24(36)32-15-13-21-7-3-4-14-31-21/h3-4,7,9-12,14,18,23,26-28,30,35,37-39H,5-6,8,13,15-17H2,1-2H3,(H,32,36)(H,33,34)/t23-,26-,27+,28-,30?/m1/s1. The van der Waals surface area contributed by atoms with Gasteiger partial charge in [0.05, 0.1) is 6.61 Å². The van der Waals surface area contributed by atoms with Crippen molar-refractivity contribution in [1.29, 1.82) is 0 Å².